The van der Waals surface area contributed by atoms with Gasteiger partial charge in [-0.15, -0.1) is 0 Å². The van der Waals surface area contributed by atoms with Gasteiger partial charge in [0.25, 0.3) is 0 Å². The summed E-state index contributed by atoms with van der Waals surface area (Å²) in [5.41, 5.74) is 7.50. The standard InChI is InChI=1S/C19H24N2O4/c1-6-24-17(22)14-11-21(13-9-7-12(2)8-10-13)16(15(14)20)18(23)25-19(3,4)5/h7-11H,6,20H2,1-5H3. The molecule has 0 radical (unpaired) electrons. The number of rotatable bonds is 4. The molecule has 0 amide bonds. The van der Waals surface area contributed by atoms with E-state index in [1.807, 2.05) is 31.2 Å². The fourth-order valence-electron chi connectivity index (χ4n) is 2.34. The highest BCUT2D eigenvalue weighted by Crippen LogP contribution is 2.27. The molecule has 2 aromatic rings. The minimum Gasteiger partial charge on any atom is -0.462 e. The molecule has 0 spiro atoms. The molecule has 1 heterocycles. The number of esters is 2. The lowest BCUT2D eigenvalue weighted by Gasteiger charge is -2.20. The fourth-order valence-corrected chi connectivity index (χ4v) is 2.34. The van der Waals surface area contributed by atoms with Gasteiger partial charge in [0.1, 0.15) is 11.2 Å². The number of nitrogens with zero attached hydrogens (tertiary/aromatic N) is 1. The summed E-state index contributed by atoms with van der Waals surface area (Å²) in [6.07, 6.45) is 1.51. The topological polar surface area (TPSA) is 83.5 Å². The molecule has 134 valence electrons. The number of anilines is 1. The number of carbonyl (C=O) groups is 2. The van der Waals surface area contributed by atoms with Gasteiger partial charge in [-0.05, 0) is 46.8 Å². The molecule has 0 aliphatic rings. The zero-order chi connectivity index (χ0) is 18.8. The third-order valence-corrected chi connectivity index (χ3v) is 3.44. The lowest BCUT2D eigenvalue weighted by molar-refractivity contribution is 0.00618. The first kappa shape index (κ1) is 18.6. The van der Waals surface area contributed by atoms with E-state index in [-0.39, 0.29) is 23.6 Å². The lowest BCUT2D eigenvalue weighted by Crippen LogP contribution is -2.25. The quantitative estimate of drug-likeness (QED) is 0.858. The monoisotopic (exact) mass is 344 g/mol. The number of nitrogen functional groups attached to an aromatic ring is 1. The number of ether oxygens (including phenoxy) is 2. The van der Waals surface area contributed by atoms with Gasteiger partial charge >= 0.3 is 11.9 Å². The number of benzene rings is 1. The van der Waals surface area contributed by atoms with Gasteiger partial charge in [-0.2, -0.15) is 0 Å². The molecule has 25 heavy (non-hydrogen) atoms. The van der Waals surface area contributed by atoms with E-state index in [1.165, 1.54) is 6.20 Å². The van der Waals surface area contributed by atoms with E-state index in [4.69, 9.17) is 15.2 Å². The van der Waals surface area contributed by atoms with Gasteiger partial charge in [0.2, 0.25) is 0 Å². The third-order valence-electron chi connectivity index (χ3n) is 3.44. The van der Waals surface area contributed by atoms with Crippen molar-refractivity contribution in [3.05, 3.63) is 47.3 Å². The van der Waals surface area contributed by atoms with Crippen LogP contribution in [0.1, 0.15) is 54.1 Å². The fraction of sp³-hybridized carbons (Fsp3) is 0.368. The van der Waals surface area contributed by atoms with Crippen LogP contribution in [0.5, 0.6) is 0 Å². The van der Waals surface area contributed by atoms with Gasteiger partial charge < -0.3 is 19.8 Å². The normalized spacial score (nSPS) is 11.2. The Morgan fingerprint density at radius 1 is 1.12 bits per heavy atom. The molecular formula is C19H24N2O4. The van der Waals surface area contributed by atoms with E-state index >= 15 is 0 Å². The van der Waals surface area contributed by atoms with Crippen molar-refractivity contribution >= 4 is 17.6 Å². The smallest absolute Gasteiger partial charge is 0.358 e. The van der Waals surface area contributed by atoms with E-state index < -0.39 is 17.5 Å². The van der Waals surface area contributed by atoms with Crippen LogP contribution in [-0.2, 0) is 9.47 Å². The Labute approximate surface area is 147 Å². The van der Waals surface area contributed by atoms with Crippen molar-refractivity contribution in [2.24, 2.45) is 0 Å². The molecule has 2 N–H and O–H groups in total. The van der Waals surface area contributed by atoms with Crippen molar-refractivity contribution in [3.63, 3.8) is 0 Å². The number of hydrogen-bond donors (Lipinski definition) is 1. The predicted molar refractivity (Wildman–Crippen MR) is 96.0 cm³/mol. The number of nitrogens with two attached hydrogens (primary N) is 1. The average molecular weight is 344 g/mol. The predicted octanol–water partition coefficient (Wildman–Crippen LogP) is 3.50. The molecule has 6 heteroatoms. The van der Waals surface area contributed by atoms with E-state index in [0.717, 1.165) is 5.56 Å². The molecule has 0 saturated carbocycles. The zero-order valence-corrected chi connectivity index (χ0v) is 15.3. The lowest BCUT2D eigenvalue weighted by atomic mass is 10.2. The van der Waals surface area contributed by atoms with Crippen molar-refractivity contribution in [2.45, 2.75) is 40.2 Å². The summed E-state index contributed by atoms with van der Waals surface area (Å²) in [5.74, 6) is -1.17. The van der Waals surface area contributed by atoms with Gasteiger partial charge in [0.05, 0.1) is 12.3 Å². The SMILES string of the molecule is CCOC(=O)c1cn(-c2ccc(C)cc2)c(C(=O)OC(C)(C)C)c1N. The Hall–Kier alpha value is -2.76. The van der Waals surface area contributed by atoms with Gasteiger partial charge in [-0.3, -0.25) is 0 Å². The maximum absolute atomic E-state index is 12.7. The second kappa shape index (κ2) is 7.01. The first-order chi connectivity index (χ1) is 11.6. The van der Waals surface area contributed by atoms with Gasteiger partial charge in [-0.25, -0.2) is 9.59 Å². The van der Waals surface area contributed by atoms with Crippen LogP contribution in [0.15, 0.2) is 30.5 Å². The molecule has 0 fully saturated rings. The average Bonchev–Trinajstić information content (AvgIpc) is 2.84. The van der Waals surface area contributed by atoms with E-state index in [1.54, 1.807) is 32.3 Å². The summed E-state index contributed by atoms with van der Waals surface area (Å²) >= 11 is 0. The second-order valence-electron chi connectivity index (χ2n) is 6.73. The van der Waals surface area contributed by atoms with Crippen LogP contribution in [0, 0.1) is 6.92 Å². The van der Waals surface area contributed by atoms with Crippen LogP contribution in [0.25, 0.3) is 5.69 Å². The summed E-state index contributed by atoms with van der Waals surface area (Å²) in [7, 11) is 0. The molecule has 1 aromatic heterocycles. The summed E-state index contributed by atoms with van der Waals surface area (Å²) in [4.78, 5) is 24.8. The highest BCUT2D eigenvalue weighted by molar-refractivity contribution is 6.04. The van der Waals surface area contributed by atoms with Crippen molar-refractivity contribution in [2.75, 3.05) is 12.3 Å². The first-order valence-corrected chi connectivity index (χ1v) is 8.12. The van der Waals surface area contributed by atoms with Crippen LogP contribution in [-0.4, -0.2) is 28.7 Å². The van der Waals surface area contributed by atoms with E-state index in [0.29, 0.717) is 5.69 Å². The van der Waals surface area contributed by atoms with Crippen LogP contribution >= 0.6 is 0 Å². The van der Waals surface area contributed by atoms with Crippen molar-refractivity contribution in [1.82, 2.24) is 4.57 Å². The molecule has 0 saturated heterocycles. The first-order valence-electron chi connectivity index (χ1n) is 8.12. The summed E-state index contributed by atoms with van der Waals surface area (Å²) in [6.45, 7) is 9.20. The van der Waals surface area contributed by atoms with Gasteiger partial charge in [0, 0.05) is 11.9 Å². The Morgan fingerprint density at radius 3 is 2.24 bits per heavy atom. The highest BCUT2D eigenvalue weighted by Gasteiger charge is 2.28. The second-order valence-corrected chi connectivity index (χ2v) is 6.73. The van der Waals surface area contributed by atoms with Crippen LogP contribution in [0.3, 0.4) is 0 Å². The number of hydrogen-bond acceptors (Lipinski definition) is 5. The van der Waals surface area contributed by atoms with Crippen molar-refractivity contribution in [3.8, 4) is 5.69 Å². The number of aromatic nitrogens is 1. The van der Waals surface area contributed by atoms with Crippen molar-refractivity contribution < 1.29 is 19.1 Å². The molecule has 0 unspecified atom stereocenters. The zero-order valence-electron chi connectivity index (χ0n) is 15.3. The van der Waals surface area contributed by atoms with Crippen LogP contribution in [0.2, 0.25) is 0 Å². The maximum Gasteiger partial charge on any atom is 0.358 e. The highest BCUT2D eigenvalue weighted by atomic mass is 16.6. The molecule has 2 rings (SSSR count). The Morgan fingerprint density at radius 2 is 1.72 bits per heavy atom. The summed E-state index contributed by atoms with van der Waals surface area (Å²) in [6, 6.07) is 7.51. The van der Waals surface area contributed by atoms with E-state index in [2.05, 4.69) is 0 Å². The van der Waals surface area contributed by atoms with Crippen LogP contribution in [0.4, 0.5) is 5.69 Å². The number of aryl methyl sites for hydroxylation is 1. The van der Waals surface area contributed by atoms with Crippen molar-refractivity contribution in [1.29, 1.82) is 0 Å². The molecular weight excluding hydrogens is 320 g/mol. The molecule has 0 atom stereocenters. The number of carbonyl (C=O) groups excluding carboxylic acids is 2. The molecule has 1 aromatic carbocycles. The summed E-state index contributed by atoms with van der Waals surface area (Å²) in [5, 5.41) is 0. The Kier molecular flexibility index (Phi) is 5.21. The molecule has 6 nitrogen and oxygen atoms in total. The summed E-state index contributed by atoms with van der Waals surface area (Å²) < 4.78 is 12.0. The largest absolute Gasteiger partial charge is 0.462 e. The third kappa shape index (κ3) is 4.21. The maximum atomic E-state index is 12.7. The van der Waals surface area contributed by atoms with Gasteiger partial charge in [-0.1, -0.05) is 17.7 Å². The minimum atomic E-state index is -0.685. The van der Waals surface area contributed by atoms with E-state index in [9.17, 15) is 9.59 Å². The molecule has 0 aliphatic carbocycles. The minimum absolute atomic E-state index is 0.0493. The van der Waals surface area contributed by atoms with Crippen LogP contribution < -0.4 is 5.73 Å². The molecule has 0 aliphatic heterocycles. The van der Waals surface area contributed by atoms with Gasteiger partial charge in [0.15, 0.2) is 5.69 Å². The Bertz CT molecular complexity index is 783. The molecule has 0 bridgehead atoms. The Balaban J connectivity index is 2.59.